The Morgan fingerprint density at radius 3 is 2.25 bits per heavy atom. The Bertz CT molecular complexity index is 1760. The molecule has 0 saturated carbocycles. The predicted octanol–water partition coefficient (Wildman–Crippen LogP) is 6.12. The van der Waals surface area contributed by atoms with Gasteiger partial charge in [-0.1, -0.05) is 18.2 Å². The number of nitrogens with zero attached hydrogens (tertiary/aromatic N) is 2. The Labute approximate surface area is 235 Å². The van der Waals surface area contributed by atoms with Crippen LogP contribution in [0.25, 0.3) is 33.4 Å². The van der Waals surface area contributed by atoms with E-state index in [9.17, 15) is 13.0 Å². The summed E-state index contributed by atoms with van der Waals surface area (Å²) in [6.07, 6.45) is 12.4. The van der Waals surface area contributed by atoms with Crippen LogP contribution in [0.1, 0.15) is 64.2 Å². The zero-order valence-electron chi connectivity index (χ0n) is 22.6. The molecule has 4 unspecified atom stereocenters. The third-order valence-corrected chi connectivity index (χ3v) is 11.0. The zero-order chi connectivity index (χ0) is 27.0. The van der Waals surface area contributed by atoms with Crippen LogP contribution in [0.2, 0.25) is 0 Å². The number of rotatable bonds is 3. The molecule has 4 bridgehead atoms. The van der Waals surface area contributed by atoms with Crippen LogP contribution in [-0.2, 0) is 10.1 Å². The van der Waals surface area contributed by atoms with Crippen LogP contribution in [0.4, 0.5) is 5.69 Å². The maximum absolute atomic E-state index is 12.4. The summed E-state index contributed by atoms with van der Waals surface area (Å²) >= 11 is 0. The first-order chi connectivity index (χ1) is 19.5. The van der Waals surface area contributed by atoms with E-state index in [-0.39, 0.29) is 4.90 Å². The second-order valence-corrected chi connectivity index (χ2v) is 13.6. The first-order valence-electron chi connectivity index (χ1n) is 14.9. The lowest BCUT2D eigenvalue weighted by Crippen LogP contribution is -2.42. The summed E-state index contributed by atoms with van der Waals surface area (Å²) in [5.41, 5.74) is 3.89. The highest BCUT2D eigenvalue weighted by molar-refractivity contribution is 7.85. The van der Waals surface area contributed by atoms with Gasteiger partial charge in [0.25, 0.3) is 0 Å². The van der Waals surface area contributed by atoms with Gasteiger partial charge in [-0.05, 0) is 62.8 Å². The Hall–Kier alpha value is -3.16. The zero-order valence-corrected chi connectivity index (χ0v) is 23.4. The fourth-order valence-electron chi connectivity index (χ4n) is 8.45. The van der Waals surface area contributed by atoms with E-state index >= 15 is 0 Å². The standard InChI is InChI=1S/C33H34N2O4S/c36-40(37,38)32-10-2-1-9-29(32)33-27-17-15-25(34-21-5-3-6-22(34)12-11-21)19-30(27)39-31-20-26(16-18-28(31)33)35-23-7-4-8-24(35)14-13-23/h1-2,9-10,15-24H,3-8,11-14H2. The summed E-state index contributed by atoms with van der Waals surface area (Å²) in [4.78, 5) is 2.39. The summed E-state index contributed by atoms with van der Waals surface area (Å²) in [5.74, 6) is 0.724. The van der Waals surface area contributed by atoms with Gasteiger partial charge in [-0.15, -0.1) is 0 Å². The van der Waals surface area contributed by atoms with Gasteiger partial charge in [0.2, 0.25) is 5.36 Å². The third-order valence-electron chi connectivity index (χ3n) is 10.1. The minimum atomic E-state index is -4.68. The molecule has 6 aliphatic rings. The van der Waals surface area contributed by atoms with Crippen molar-refractivity contribution >= 4 is 26.8 Å². The Balaban J connectivity index is 1.40. The highest BCUT2D eigenvalue weighted by atomic mass is 32.2. The molecule has 5 heterocycles. The molecule has 0 aromatic heterocycles. The quantitative estimate of drug-likeness (QED) is 0.173. The SMILES string of the molecule is O=S(=O)([O-])c1ccccc1-c1c2ccc(=[N+]3C4CCCC3CC4)cc-2oc2cc(N3C4CCCC3CC4)ccc12. The van der Waals surface area contributed by atoms with E-state index in [2.05, 4.69) is 45.9 Å². The number of hydrogen-bond donors (Lipinski definition) is 0. The van der Waals surface area contributed by atoms with Crippen LogP contribution in [0.15, 0.2) is 70.0 Å². The molecule has 2 aromatic rings. The van der Waals surface area contributed by atoms with Gasteiger partial charge in [-0.2, -0.15) is 0 Å². The molecule has 0 radical (unpaired) electrons. The van der Waals surface area contributed by atoms with E-state index in [1.54, 1.807) is 18.2 Å². The molecule has 206 valence electrons. The fourth-order valence-corrected chi connectivity index (χ4v) is 9.13. The Morgan fingerprint density at radius 2 is 1.50 bits per heavy atom. The van der Waals surface area contributed by atoms with E-state index in [0.29, 0.717) is 29.7 Å². The van der Waals surface area contributed by atoms with Crippen molar-refractivity contribution in [3.05, 3.63) is 66.0 Å². The number of hydrogen-bond acceptors (Lipinski definition) is 5. The van der Waals surface area contributed by atoms with Crippen LogP contribution in [-0.4, -0.2) is 37.1 Å². The molecule has 6 nitrogen and oxygen atoms in total. The molecule has 0 spiro atoms. The van der Waals surface area contributed by atoms with E-state index < -0.39 is 10.1 Å². The largest absolute Gasteiger partial charge is 0.744 e. The Morgan fingerprint density at radius 1 is 0.775 bits per heavy atom. The van der Waals surface area contributed by atoms with Gasteiger partial charge in [0, 0.05) is 77.7 Å². The maximum Gasteiger partial charge on any atom is 0.204 e. The molecule has 2 aromatic carbocycles. The molecule has 0 amide bonds. The molecule has 7 heteroatoms. The van der Waals surface area contributed by atoms with E-state index in [4.69, 9.17) is 4.42 Å². The van der Waals surface area contributed by atoms with Crippen molar-refractivity contribution in [1.82, 2.24) is 4.58 Å². The van der Waals surface area contributed by atoms with Crippen LogP contribution in [0.3, 0.4) is 0 Å². The molecular weight excluding hydrogens is 520 g/mol. The van der Waals surface area contributed by atoms with Gasteiger partial charge in [0.05, 0.1) is 11.0 Å². The minimum Gasteiger partial charge on any atom is -0.744 e. The lowest BCUT2D eigenvalue weighted by Gasteiger charge is -2.37. The van der Waals surface area contributed by atoms with Crippen LogP contribution < -0.4 is 14.8 Å². The smallest absolute Gasteiger partial charge is 0.204 e. The lowest BCUT2D eigenvalue weighted by atomic mass is 9.93. The minimum absolute atomic E-state index is 0.194. The third kappa shape index (κ3) is 3.85. The summed E-state index contributed by atoms with van der Waals surface area (Å²) in [6.45, 7) is 0. The van der Waals surface area contributed by atoms with Crippen LogP contribution >= 0.6 is 0 Å². The van der Waals surface area contributed by atoms with Gasteiger partial charge in [-0.3, -0.25) is 0 Å². The summed E-state index contributed by atoms with van der Waals surface area (Å²) in [7, 11) is -4.68. The first kappa shape index (κ1) is 24.6. The van der Waals surface area contributed by atoms with Gasteiger partial charge < -0.3 is 13.9 Å². The summed E-state index contributed by atoms with van der Waals surface area (Å²) < 4.78 is 46.4. The van der Waals surface area contributed by atoms with Gasteiger partial charge in [0.1, 0.15) is 21.5 Å². The first-order valence-corrected chi connectivity index (χ1v) is 16.3. The highest BCUT2D eigenvalue weighted by Gasteiger charge is 2.41. The second-order valence-electron chi connectivity index (χ2n) is 12.2. The molecular formula is C33H34N2O4S. The van der Waals surface area contributed by atoms with Crippen molar-refractivity contribution < 1.29 is 17.4 Å². The van der Waals surface area contributed by atoms with Crippen molar-refractivity contribution in [3.8, 4) is 22.5 Å². The number of anilines is 1. The number of benzene rings is 3. The highest BCUT2D eigenvalue weighted by Crippen LogP contribution is 2.45. The summed E-state index contributed by atoms with van der Waals surface area (Å²) in [6, 6.07) is 21.6. The monoisotopic (exact) mass is 554 g/mol. The number of piperidine rings is 2. The lowest BCUT2D eigenvalue weighted by molar-refractivity contribution is 0.341. The maximum atomic E-state index is 12.4. The van der Waals surface area contributed by atoms with Crippen molar-refractivity contribution in [2.24, 2.45) is 0 Å². The molecule has 4 atom stereocenters. The van der Waals surface area contributed by atoms with E-state index in [0.717, 1.165) is 27.9 Å². The van der Waals surface area contributed by atoms with Crippen molar-refractivity contribution in [1.29, 1.82) is 0 Å². The normalized spacial score (nSPS) is 26.2. The fraction of sp³-hybridized carbons (Fsp3) is 0.424. The summed E-state index contributed by atoms with van der Waals surface area (Å²) in [5, 5.41) is 1.99. The number of fused-ring (bicyclic) bond motifs is 6. The van der Waals surface area contributed by atoms with Crippen molar-refractivity contribution in [2.45, 2.75) is 93.3 Å². The predicted molar refractivity (Wildman–Crippen MR) is 155 cm³/mol. The molecule has 4 fully saturated rings. The second kappa shape index (κ2) is 9.18. The van der Waals surface area contributed by atoms with E-state index in [1.165, 1.54) is 81.3 Å². The molecule has 8 rings (SSSR count). The molecule has 5 aliphatic heterocycles. The average Bonchev–Trinajstić information content (AvgIpc) is 3.36. The Kier molecular flexibility index (Phi) is 5.65. The molecule has 40 heavy (non-hydrogen) atoms. The van der Waals surface area contributed by atoms with Gasteiger partial charge in [-0.25, -0.2) is 13.0 Å². The average molecular weight is 555 g/mol. The molecule has 4 saturated heterocycles. The van der Waals surface area contributed by atoms with Crippen molar-refractivity contribution in [2.75, 3.05) is 4.90 Å². The van der Waals surface area contributed by atoms with Crippen LogP contribution in [0.5, 0.6) is 0 Å². The van der Waals surface area contributed by atoms with Gasteiger partial charge in [0.15, 0.2) is 12.1 Å². The van der Waals surface area contributed by atoms with E-state index in [1.807, 2.05) is 0 Å². The topological polar surface area (TPSA) is 76.6 Å². The molecule has 1 aliphatic carbocycles. The van der Waals surface area contributed by atoms with Crippen molar-refractivity contribution in [3.63, 3.8) is 0 Å². The molecule has 0 N–H and O–H groups in total. The van der Waals surface area contributed by atoms with Crippen LogP contribution in [0, 0.1) is 0 Å². The van der Waals surface area contributed by atoms with Gasteiger partial charge >= 0.3 is 0 Å².